The normalized spacial score (nSPS) is 17.4. The first-order valence-corrected chi connectivity index (χ1v) is 13.8. The van der Waals surface area contributed by atoms with Crippen LogP contribution in [-0.4, -0.2) is 99.2 Å². The van der Waals surface area contributed by atoms with Gasteiger partial charge in [0.25, 0.3) is 0 Å². The first-order valence-electron chi connectivity index (χ1n) is 13.8. The Hall–Kier alpha value is -2.71. The molecular weight excluding hydrogens is 623 g/mol. The van der Waals surface area contributed by atoms with Gasteiger partial charge in [0.15, 0.2) is 0 Å². The van der Waals surface area contributed by atoms with E-state index >= 15 is 0 Å². The molecule has 1 aliphatic rings. The average molecular weight is 666 g/mol. The number of imidazole rings is 1. The second kappa shape index (κ2) is 18.1. The summed E-state index contributed by atoms with van der Waals surface area (Å²) in [4.78, 5) is 83.9. The van der Waals surface area contributed by atoms with E-state index in [0.717, 1.165) is 0 Å². The monoisotopic (exact) mass is 665 g/mol. The third kappa shape index (κ3) is 11.2. The molecule has 2 rings (SSSR count). The molecule has 5 atom stereocenters. The number of H-pyrrole nitrogens is 1. The summed E-state index contributed by atoms with van der Waals surface area (Å²) in [7, 11) is 0. The van der Waals surface area contributed by atoms with Crippen molar-refractivity contribution >= 4 is 35.8 Å². The van der Waals surface area contributed by atoms with Crippen LogP contribution in [0.1, 0.15) is 59.6 Å². The molecule has 2 heterocycles. The van der Waals surface area contributed by atoms with Crippen molar-refractivity contribution in [2.75, 3.05) is 13.2 Å². The largest absolute Gasteiger partial charge is 0.540 e. The molecule has 15 heteroatoms. The van der Waals surface area contributed by atoms with Gasteiger partial charge in [-0.3, -0.25) is 24.0 Å². The van der Waals surface area contributed by atoms with Gasteiger partial charge in [0, 0.05) is 64.5 Å². The smallest absolute Gasteiger partial charge is 0.243 e. The number of hydrogen-bond acceptors (Lipinski definition) is 8. The molecule has 1 radical (unpaired) electrons. The summed E-state index contributed by atoms with van der Waals surface area (Å²) in [6.07, 6.45) is 5.99. The number of hydrogen-bond donors (Lipinski definition) is 6. The van der Waals surface area contributed by atoms with E-state index in [1.165, 1.54) is 24.3 Å². The molecule has 1 aliphatic heterocycles. The molecule has 1 aromatic heterocycles. The Labute approximate surface area is 271 Å². The van der Waals surface area contributed by atoms with Crippen LogP contribution in [0.15, 0.2) is 12.5 Å². The van der Waals surface area contributed by atoms with E-state index in [9.17, 15) is 33.9 Å². The van der Waals surface area contributed by atoms with Crippen molar-refractivity contribution in [1.82, 2.24) is 36.1 Å². The minimum atomic E-state index is -1.40. The molecule has 0 spiro atoms. The van der Waals surface area contributed by atoms with Gasteiger partial charge in [0.1, 0.15) is 24.2 Å². The van der Waals surface area contributed by atoms with Crippen LogP contribution in [0.4, 0.5) is 0 Å². The number of nitrogens with zero attached hydrogens (tertiary/aromatic N) is 2. The minimum absolute atomic E-state index is 0. The van der Waals surface area contributed by atoms with E-state index in [1.54, 1.807) is 20.1 Å². The predicted octanol–water partition coefficient (Wildman–Crippen LogP) is -1.30. The van der Waals surface area contributed by atoms with E-state index < -0.39 is 60.4 Å². The van der Waals surface area contributed by atoms with E-state index in [4.69, 9.17) is 0 Å². The minimum Gasteiger partial charge on any atom is -0.540 e. The SMILES string of the molecule is CC(=O)N1CCC[C@H]1C(=O)N[C@@H](CC(C)C)C(=O)N[C@@H](Cc1cnc[nH]1)C(=O)N[C@@H](CO)C(=O)N[C@H]([C-]=O)C(C)C.[Y]. The number of likely N-dealkylation sites (tertiary alicyclic amines) is 1. The Morgan fingerprint density at radius 1 is 1.02 bits per heavy atom. The third-order valence-electron chi connectivity index (χ3n) is 6.82. The first-order chi connectivity index (χ1) is 19.4. The molecule has 1 fully saturated rings. The van der Waals surface area contributed by atoms with Gasteiger partial charge < -0.3 is 41.1 Å². The number of aliphatic hydroxyl groups is 1. The van der Waals surface area contributed by atoms with Crippen molar-refractivity contribution in [1.29, 1.82) is 0 Å². The Kier molecular flexibility index (Phi) is 16.1. The molecule has 6 N–H and O–H groups in total. The molecular formula is C27H42N7O7Y-. The Morgan fingerprint density at radius 3 is 2.17 bits per heavy atom. The summed E-state index contributed by atoms with van der Waals surface area (Å²) in [5, 5.41) is 20.1. The van der Waals surface area contributed by atoms with Crippen molar-refractivity contribution < 1.29 is 66.6 Å². The number of aliphatic hydroxyl groups excluding tert-OH is 1. The topological polar surface area (TPSA) is 203 Å². The quantitative estimate of drug-likeness (QED) is 0.124. The van der Waals surface area contributed by atoms with Gasteiger partial charge in [-0.15, -0.1) is 0 Å². The van der Waals surface area contributed by atoms with Crippen molar-refractivity contribution in [2.24, 2.45) is 11.8 Å². The maximum atomic E-state index is 13.5. The molecule has 1 aromatic rings. The van der Waals surface area contributed by atoms with Crippen LogP contribution in [0.25, 0.3) is 0 Å². The van der Waals surface area contributed by atoms with E-state index in [-0.39, 0.29) is 63.3 Å². The molecule has 0 saturated carbocycles. The number of carbonyl (C=O) groups excluding carboxylic acids is 6. The summed E-state index contributed by atoms with van der Waals surface area (Å²) in [5.41, 5.74) is 0.512. The summed E-state index contributed by atoms with van der Waals surface area (Å²) < 4.78 is 0. The molecule has 0 aromatic carbocycles. The van der Waals surface area contributed by atoms with Gasteiger partial charge in [-0.1, -0.05) is 39.7 Å². The van der Waals surface area contributed by atoms with Crippen molar-refractivity contribution in [2.45, 2.75) is 90.5 Å². The van der Waals surface area contributed by atoms with E-state index in [1.807, 2.05) is 13.8 Å². The van der Waals surface area contributed by atoms with Crippen LogP contribution in [0, 0.1) is 11.8 Å². The Balaban J connectivity index is 0.00000882. The van der Waals surface area contributed by atoms with Gasteiger partial charge in [-0.05, 0) is 25.2 Å². The third-order valence-corrected chi connectivity index (χ3v) is 6.82. The van der Waals surface area contributed by atoms with Crippen LogP contribution >= 0.6 is 0 Å². The van der Waals surface area contributed by atoms with E-state index in [0.29, 0.717) is 25.1 Å². The van der Waals surface area contributed by atoms with Gasteiger partial charge in [0.05, 0.1) is 12.9 Å². The first kappa shape index (κ1) is 37.3. The fourth-order valence-corrected chi connectivity index (χ4v) is 4.54. The molecule has 42 heavy (non-hydrogen) atoms. The molecule has 0 bridgehead atoms. The average Bonchev–Trinajstić information content (AvgIpc) is 3.61. The standard InChI is InChI=1S/C27H42N7O7.Y/c1-15(2)9-19(31-27(41)23-7-6-8-34(23)17(5)37)24(38)30-20(10-18-11-28-14-29-18)25(39)33-22(13-36)26(40)32-21(12-35)16(3)4;/h11,14-16,19-23,36H,6-10,13H2,1-5H3,(H,28,29)(H,30,38)(H,31,41)(H,32,40)(H,33,39);/q-1;/t19-,20-,21+,22-,23-;/m0./s1. The zero-order valence-electron chi connectivity index (χ0n) is 24.8. The number of carbonyl (C=O) groups is 5. The molecule has 14 nitrogen and oxygen atoms in total. The predicted molar refractivity (Wildman–Crippen MR) is 147 cm³/mol. The fourth-order valence-electron chi connectivity index (χ4n) is 4.54. The second-order valence-corrected chi connectivity index (χ2v) is 11.0. The summed E-state index contributed by atoms with van der Waals surface area (Å²) in [6, 6.07) is -5.23. The number of amides is 5. The van der Waals surface area contributed by atoms with Crippen molar-refractivity contribution in [3.05, 3.63) is 18.2 Å². The summed E-state index contributed by atoms with van der Waals surface area (Å²) >= 11 is 0. The second-order valence-electron chi connectivity index (χ2n) is 11.0. The van der Waals surface area contributed by atoms with Crippen LogP contribution in [0.5, 0.6) is 0 Å². The van der Waals surface area contributed by atoms with E-state index in [2.05, 4.69) is 31.2 Å². The zero-order valence-corrected chi connectivity index (χ0v) is 27.6. The summed E-state index contributed by atoms with van der Waals surface area (Å²) in [6.45, 7) is 8.26. The Bertz CT molecular complexity index is 1070. The van der Waals surface area contributed by atoms with Crippen molar-refractivity contribution in [3.63, 3.8) is 0 Å². The van der Waals surface area contributed by atoms with Crippen molar-refractivity contribution in [3.8, 4) is 0 Å². The fraction of sp³-hybridized carbons (Fsp3) is 0.667. The molecule has 1 saturated heterocycles. The van der Waals surface area contributed by atoms with Crippen LogP contribution in [0.2, 0.25) is 0 Å². The van der Waals surface area contributed by atoms with Gasteiger partial charge in [0.2, 0.25) is 29.5 Å². The van der Waals surface area contributed by atoms with Crippen LogP contribution in [-0.2, 0) is 67.9 Å². The zero-order chi connectivity index (χ0) is 30.7. The van der Waals surface area contributed by atoms with Gasteiger partial charge >= 0.3 is 0 Å². The van der Waals surface area contributed by atoms with Crippen LogP contribution in [0.3, 0.4) is 0 Å². The van der Waals surface area contributed by atoms with Gasteiger partial charge in [-0.25, -0.2) is 11.3 Å². The number of aromatic amines is 1. The maximum absolute atomic E-state index is 13.5. The maximum Gasteiger partial charge on any atom is 0.243 e. The number of rotatable bonds is 15. The number of aromatic nitrogens is 2. The molecule has 5 amide bonds. The number of nitrogens with one attached hydrogen (secondary N) is 5. The van der Waals surface area contributed by atoms with Gasteiger partial charge in [-0.2, -0.15) is 0 Å². The van der Waals surface area contributed by atoms with Crippen LogP contribution < -0.4 is 21.3 Å². The Morgan fingerprint density at radius 2 is 1.64 bits per heavy atom. The summed E-state index contributed by atoms with van der Waals surface area (Å²) in [5.74, 6) is -3.12. The molecule has 231 valence electrons. The molecule has 0 aliphatic carbocycles. The molecule has 0 unspecified atom stereocenters.